The van der Waals surface area contributed by atoms with Crippen LogP contribution in [0.1, 0.15) is 13.3 Å². The summed E-state index contributed by atoms with van der Waals surface area (Å²) in [7, 11) is 0. The second-order valence-corrected chi connectivity index (χ2v) is 5.04. The van der Waals surface area contributed by atoms with Gasteiger partial charge in [-0.1, -0.05) is 6.92 Å². The van der Waals surface area contributed by atoms with Crippen LogP contribution in [-0.2, 0) is 4.79 Å². The number of thioether (sulfide) groups is 1. The van der Waals surface area contributed by atoms with Crippen molar-refractivity contribution < 1.29 is 9.59 Å². The summed E-state index contributed by atoms with van der Waals surface area (Å²) >= 11 is 1.65. The van der Waals surface area contributed by atoms with Crippen molar-refractivity contribution in [3.63, 3.8) is 0 Å². The van der Waals surface area contributed by atoms with Gasteiger partial charge in [0.1, 0.15) is 5.54 Å². The maximum absolute atomic E-state index is 11.7. The molecule has 0 bridgehead atoms. The first kappa shape index (κ1) is 14.3. The lowest BCUT2D eigenvalue weighted by atomic mass is 10.00. The number of amides is 3. The van der Waals surface area contributed by atoms with Crippen LogP contribution in [0.2, 0.25) is 0 Å². The summed E-state index contributed by atoms with van der Waals surface area (Å²) in [6, 6.07) is -0.390. The van der Waals surface area contributed by atoms with Crippen molar-refractivity contribution in [2.45, 2.75) is 18.9 Å². The van der Waals surface area contributed by atoms with E-state index in [2.05, 4.69) is 16.0 Å². The van der Waals surface area contributed by atoms with E-state index in [1.54, 1.807) is 11.8 Å². The Balaban J connectivity index is 2.28. The van der Waals surface area contributed by atoms with Crippen molar-refractivity contribution >= 4 is 23.7 Å². The van der Waals surface area contributed by atoms with Crippen molar-refractivity contribution in [1.29, 1.82) is 0 Å². The SMILES string of the molecule is CC[C@]1(CSCCNCCN)NC(=O)NC1=O. The van der Waals surface area contributed by atoms with Gasteiger partial charge in [-0.3, -0.25) is 10.1 Å². The molecule has 0 aromatic heterocycles. The van der Waals surface area contributed by atoms with E-state index < -0.39 is 11.6 Å². The topological polar surface area (TPSA) is 96.2 Å². The Labute approximate surface area is 105 Å². The van der Waals surface area contributed by atoms with Gasteiger partial charge in [-0.25, -0.2) is 4.79 Å². The first-order chi connectivity index (χ1) is 8.14. The highest BCUT2D eigenvalue weighted by molar-refractivity contribution is 7.99. The summed E-state index contributed by atoms with van der Waals surface area (Å²) < 4.78 is 0. The van der Waals surface area contributed by atoms with E-state index in [9.17, 15) is 9.59 Å². The van der Waals surface area contributed by atoms with Crippen molar-refractivity contribution in [2.75, 3.05) is 31.1 Å². The van der Waals surface area contributed by atoms with Gasteiger partial charge in [0.2, 0.25) is 0 Å². The van der Waals surface area contributed by atoms with Crippen LogP contribution in [0, 0.1) is 0 Å². The molecule has 0 aromatic rings. The van der Waals surface area contributed by atoms with E-state index >= 15 is 0 Å². The molecule has 6 nitrogen and oxygen atoms in total. The number of hydrogen-bond donors (Lipinski definition) is 4. The Bertz CT molecular complexity index is 287. The van der Waals surface area contributed by atoms with Gasteiger partial charge in [0.25, 0.3) is 5.91 Å². The minimum atomic E-state index is -0.727. The molecular formula is C10H20N4O2S. The van der Waals surface area contributed by atoms with Crippen LogP contribution in [0.15, 0.2) is 0 Å². The van der Waals surface area contributed by atoms with Crippen LogP contribution in [0.25, 0.3) is 0 Å². The van der Waals surface area contributed by atoms with Crippen molar-refractivity contribution in [3.05, 3.63) is 0 Å². The second kappa shape index (κ2) is 6.83. The number of carbonyl (C=O) groups is 2. The highest BCUT2D eigenvalue weighted by atomic mass is 32.2. The molecule has 0 unspecified atom stereocenters. The van der Waals surface area contributed by atoms with E-state index in [1.165, 1.54) is 0 Å². The molecule has 17 heavy (non-hydrogen) atoms. The quantitative estimate of drug-likeness (QED) is 0.340. The van der Waals surface area contributed by atoms with Gasteiger partial charge in [-0.05, 0) is 6.42 Å². The van der Waals surface area contributed by atoms with Crippen molar-refractivity contribution in [1.82, 2.24) is 16.0 Å². The average Bonchev–Trinajstić information content (AvgIpc) is 2.59. The van der Waals surface area contributed by atoms with E-state index in [1.807, 2.05) is 6.92 Å². The van der Waals surface area contributed by atoms with Crippen LogP contribution in [-0.4, -0.2) is 48.6 Å². The smallest absolute Gasteiger partial charge is 0.322 e. The van der Waals surface area contributed by atoms with Crippen LogP contribution < -0.4 is 21.7 Å². The molecule has 1 saturated heterocycles. The maximum atomic E-state index is 11.7. The molecule has 1 fully saturated rings. The highest BCUT2D eigenvalue weighted by Gasteiger charge is 2.44. The second-order valence-electron chi connectivity index (χ2n) is 3.94. The first-order valence-electron chi connectivity index (χ1n) is 5.77. The lowest BCUT2D eigenvalue weighted by molar-refractivity contribution is -0.123. The minimum Gasteiger partial charge on any atom is -0.329 e. The maximum Gasteiger partial charge on any atom is 0.322 e. The Kier molecular flexibility index (Phi) is 5.73. The van der Waals surface area contributed by atoms with Gasteiger partial charge in [-0.2, -0.15) is 11.8 Å². The molecule has 0 saturated carbocycles. The third-order valence-electron chi connectivity index (χ3n) is 2.71. The Morgan fingerprint density at radius 1 is 1.41 bits per heavy atom. The van der Waals surface area contributed by atoms with Crippen LogP contribution in [0.4, 0.5) is 4.79 Å². The standard InChI is InChI=1S/C10H20N4O2S/c1-2-10(8(15)13-9(16)14-10)7-17-6-5-12-4-3-11/h12H,2-7,11H2,1H3,(H2,13,14,15,16)/t10-/m1/s1. The summed E-state index contributed by atoms with van der Waals surface area (Å²) in [4.78, 5) is 22.8. The number of urea groups is 1. The summed E-state index contributed by atoms with van der Waals surface area (Å²) in [5.41, 5.74) is 4.62. The zero-order valence-electron chi connectivity index (χ0n) is 10.0. The Hall–Kier alpha value is -0.790. The monoisotopic (exact) mass is 260 g/mol. The molecule has 1 atom stereocenters. The van der Waals surface area contributed by atoms with Gasteiger partial charge in [-0.15, -0.1) is 0 Å². The molecule has 0 aromatic carbocycles. The molecular weight excluding hydrogens is 240 g/mol. The summed E-state index contributed by atoms with van der Waals surface area (Å²) in [6.07, 6.45) is 0.605. The van der Waals surface area contributed by atoms with Crippen LogP contribution in [0.3, 0.4) is 0 Å². The fraction of sp³-hybridized carbons (Fsp3) is 0.800. The molecule has 0 spiro atoms. The molecule has 1 rings (SSSR count). The average molecular weight is 260 g/mol. The lowest BCUT2D eigenvalue weighted by Crippen LogP contribution is -2.48. The van der Waals surface area contributed by atoms with Crippen LogP contribution in [0.5, 0.6) is 0 Å². The Morgan fingerprint density at radius 3 is 2.71 bits per heavy atom. The zero-order valence-corrected chi connectivity index (χ0v) is 10.9. The van der Waals surface area contributed by atoms with Crippen molar-refractivity contribution in [3.8, 4) is 0 Å². The summed E-state index contributed by atoms with van der Waals surface area (Å²) in [5, 5.41) is 8.17. The highest BCUT2D eigenvalue weighted by Crippen LogP contribution is 2.20. The first-order valence-corrected chi connectivity index (χ1v) is 6.92. The molecule has 0 aliphatic carbocycles. The Morgan fingerprint density at radius 2 is 2.18 bits per heavy atom. The number of hydrogen-bond acceptors (Lipinski definition) is 5. The zero-order chi connectivity index (χ0) is 12.7. The predicted octanol–water partition coefficient (Wildman–Crippen LogP) is -0.744. The third kappa shape index (κ3) is 3.86. The molecule has 1 aliphatic heterocycles. The van der Waals surface area contributed by atoms with Gasteiger partial charge in [0.05, 0.1) is 0 Å². The molecule has 98 valence electrons. The number of nitrogens with one attached hydrogen (secondary N) is 3. The lowest BCUT2D eigenvalue weighted by Gasteiger charge is -2.23. The summed E-state index contributed by atoms with van der Waals surface area (Å²) in [6.45, 7) is 4.19. The normalized spacial score (nSPS) is 23.6. The molecule has 7 heteroatoms. The van der Waals surface area contributed by atoms with Gasteiger partial charge < -0.3 is 16.4 Å². The molecule has 3 amide bonds. The molecule has 1 heterocycles. The number of carbonyl (C=O) groups excluding carboxylic acids is 2. The van der Waals surface area contributed by atoms with Gasteiger partial charge >= 0.3 is 6.03 Å². The van der Waals surface area contributed by atoms with E-state index in [-0.39, 0.29) is 5.91 Å². The molecule has 5 N–H and O–H groups in total. The number of imide groups is 1. The van der Waals surface area contributed by atoms with E-state index in [0.717, 1.165) is 18.8 Å². The van der Waals surface area contributed by atoms with E-state index in [4.69, 9.17) is 5.73 Å². The van der Waals surface area contributed by atoms with E-state index in [0.29, 0.717) is 18.7 Å². The fourth-order valence-electron chi connectivity index (χ4n) is 1.60. The number of rotatable bonds is 8. The molecule has 0 radical (unpaired) electrons. The van der Waals surface area contributed by atoms with Gasteiger partial charge in [0.15, 0.2) is 0 Å². The van der Waals surface area contributed by atoms with Crippen molar-refractivity contribution in [2.24, 2.45) is 5.73 Å². The molecule has 1 aliphatic rings. The van der Waals surface area contributed by atoms with Crippen LogP contribution >= 0.6 is 11.8 Å². The third-order valence-corrected chi connectivity index (χ3v) is 3.90. The van der Waals surface area contributed by atoms with Gasteiger partial charge in [0, 0.05) is 31.1 Å². The number of nitrogens with two attached hydrogens (primary N) is 1. The minimum absolute atomic E-state index is 0.215. The summed E-state index contributed by atoms with van der Waals surface area (Å²) in [5.74, 6) is 1.28. The fourth-order valence-corrected chi connectivity index (χ4v) is 2.79. The largest absolute Gasteiger partial charge is 0.329 e. The predicted molar refractivity (Wildman–Crippen MR) is 68.9 cm³/mol.